The molecule has 63 heavy (non-hydrogen) atoms. The van der Waals surface area contributed by atoms with Crippen LogP contribution in [0.15, 0.2) is 23.3 Å². The van der Waals surface area contributed by atoms with Crippen LogP contribution < -0.4 is 0 Å². The number of hydrogen-bond donors (Lipinski definition) is 0. The van der Waals surface area contributed by atoms with Crippen LogP contribution in [0.2, 0.25) is 0 Å². The van der Waals surface area contributed by atoms with Crippen LogP contribution in [0.1, 0.15) is 177 Å². The van der Waals surface area contributed by atoms with E-state index in [1.54, 1.807) is 5.57 Å². The second kappa shape index (κ2) is 18.7. The van der Waals surface area contributed by atoms with Crippen LogP contribution in [0.25, 0.3) is 0 Å². The predicted octanol–water partition coefficient (Wildman–Crippen LogP) is 11.4. The van der Waals surface area contributed by atoms with Gasteiger partial charge in [-0.2, -0.15) is 0 Å². The van der Waals surface area contributed by atoms with Crippen molar-refractivity contribution in [3.8, 4) is 0 Å². The van der Waals surface area contributed by atoms with Crippen molar-refractivity contribution < 1.29 is 42.9 Å². The quantitative estimate of drug-likeness (QED) is 0.120. The van der Waals surface area contributed by atoms with Crippen LogP contribution in [-0.4, -0.2) is 56.1 Å². The van der Waals surface area contributed by atoms with Crippen molar-refractivity contribution in [1.29, 1.82) is 0 Å². The van der Waals surface area contributed by atoms with E-state index in [1.165, 1.54) is 65.7 Å². The van der Waals surface area contributed by atoms with Gasteiger partial charge in [-0.3, -0.25) is 24.0 Å². The Bertz CT molecular complexity index is 1810. The number of carbonyl (C=O) groups excluding carboxylic acids is 5. The molecule has 6 saturated carbocycles. The highest BCUT2D eigenvalue weighted by Crippen LogP contribution is 2.69. The topological polar surface area (TPSA) is 122 Å². The zero-order valence-corrected chi connectivity index (χ0v) is 40.7. The molecule has 0 bridgehead atoms. The van der Waals surface area contributed by atoms with Crippen molar-refractivity contribution >= 4 is 29.7 Å². The van der Waals surface area contributed by atoms with Crippen molar-refractivity contribution in [1.82, 2.24) is 0 Å². The third-order valence-electron chi connectivity index (χ3n) is 20.2. The second-order valence-electron chi connectivity index (χ2n) is 23.1. The number of ether oxygens (including phenoxy) is 4. The van der Waals surface area contributed by atoms with E-state index in [1.807, 2.05) is 6.08 Å². The molecule has 16 atom stereocenters. The molecular weight excluding hydrogens is 793 g/mol. The fraction of sp³-hybridized carbons (Fsp3) is 0.833. The molecule has 0 aliphatic heterocycles. The average Bonchev–Trinajstić information content (AvgIpc) is 3.79. The first-order valence-electron chi connectivity index (χ1n) is 25.2. The molecule has 0 heterocycles. The van der Waals surface area contributed by atoms with Crippen LogP contribution in [0.3, 0.4) is 0 Å². The molecule has 8 unspecified atom stereocenters. The van der Waals surface area contributed by atoms with Crippen LogP contribution >= 0.6 is 0 Å². The van der Waals surface area contributed by atoms with Gasteiger partial charge in [-0.1, -0.05) is 58.8 Å². The summed E-state index contributed by atoms with van der Waals surface area (Å²) in [4.78, 5) is 59.8. The van der Waals surface area contributed by atoms with E-state index in [0.29, 0.717) is 60.1 Å². The maximum atomic E-state index is 13.5. The van der Waals surface area contributed by atoms with Gasteiger partial charge < -0.3 is 18.9 Å². The van der Waals surface area contributed by atoms with E-state index in [4.69, 9.17) is 18.9 Å². The Kier molecular flexibility index (Phi) is 14.3. The number of hydrogen-bond acceptors (Lipinski definition) is 9. The smallest absolute Gasteiger partial charge is 0.305 e. The first kappa shape index (κ1) is 48.0. The minimum atomic E-state index is -0.231. The Hall–Kier alpha value is -2.97. The van der Waals surface area contributed by atoms with Crippen LogP contribution in [-0.2, 0) is 42.9 Å². The van der Waals surface area contributed by atoms with Gasteiger partial charge in [0.15, 0.2) is 5.78 Å². The van der Waals surface area contributed by atoms with E-state index in [-0.39, 0.29) is 58.2 Å². The lowest BCUT2D eigenvalue weighted by Gasteiger charge is -2.58. The zero-order chi connectivity index (χ0) is 45.6. The molecule has 352 valence electrons. The van der Waals surface area contributed by atoms with Gasteiger partial charge in [0.25, 0.3) is 0 Å². The fourth-order valence-electron chi connectivity index (χ4n) is 16.9. The molecule has 0 aromatic carbocycles. The highest BCUT2D eigenvalue weighted by molar-refractivity contribution is 5.94. The van der Waals surface area contributed by atoms with Crippen molar-refractivity contribution in [3.63, 3.8) is 0 Å². The summed E-state index contributed by atoms with van der Waals surface area (Å²) in [6.07, 6.45) is 24.0. The summed E-state index contributed by atoms with van der Waals surface area (Å²) in [6.45, 7) is 17.5. The normalized spacial score (nSPS) is 42.0. The first-order valence-corrected chi connectivity index (χ1v) is 25.2. The summed E-state index contributed by atoms with van der Waals surface area (Å²) in [5.41, 5.74) is 3.69. The van der Waals surface area contributed by atoms with Crippen LogP contribution in [0.5, 0.6) is 0 Å². The average molecular weight is 875 g/mol. The van der Waals surface area contributed by atoms with Crippen molar-refractivity contribution in [2.75, 3.05) is 14.2 Å². The van der Waals surface area contributed by atoms with Crippen LogP contribution in [0.4, 0.5) is 0 Å². The third kappa shape index (κ3) is 9.00. The van der Waals surface area contributed by atoms with Gasteiger partial charge in [-0.15, -0.1) is 0 Å². The summed E-state index contributed by atoms with van der Waals surface area (Å²) < 4.78 is 20.8. The number of fused-ring (bicyclic) bond motifs is 10. The summed E-state index contributed by atoms with van der Waals surface area (Å²) in [6, 6.07) is 0. The number of methoxy groups -OCH3 is 2. The lowest BCUT2D eigenvalue weighted by atomic mass is 9.46. The van der Waals surface area contributed by atoms with Crippen molar-refractivity contribution in [3.05, 3.63) is 23.3 Å². The molecule has 0 aromatic rings. The van der Waals surface area contributed by atoms with E-state index in [2.05, 4.69) is 47.6 Å². The largest absolute Gasteiger partial charge is 0.469 e. The molecule has 8 aliphatic rings. The Labute approximate surface area is 379 Å². The molecule has 6 fully saturated rings. The van der Waals surface area contributed by atoms with Crippen LogP contribution in [0, 0.1) is 80.8 Å². The van der Waals surface area contributed by atoms with Gasteiger partial charge in [0, 0.05) is 45.4 Å². The summed E-state index contributed by atoms with van der Waals surface area (Å²) >= 11 is 0. The molecule has 0 radical (unpaired) electrons. The van der Waals surface area contributed by atoms with E-state index in [0.717, 1.165) is 94.3 Å². The molecule has 0 amide bonds. The first-order chi connectivity index (χ1) is 29.8. The van der Waals surface area contributed by atoms with Gasteiger partial charge in [-0.05, 0) is 177 Å². The predicted molar refractivity (Wildman–Crippen MR) is 243 cm³/mol. The summed E-state index contributed by atoms with van der Waals surface area (Å²) in [5, 5.41) is 0. The lowest BCUT2D eigenvalue weighted by molar-refractivity contribution is -0.150. The molecule has 8 rings (SSSR count). The molecule has 9 heteroatoms. The Morgan fingerprint density at radius 3 is 1.62 bits per heavy atom. The third-order valence-corrected chi connectivity index (χ3v) is 20.2. The maximum Gasteiger partial charge on any atom is 0.305 e. The fourth-order valence-corrected chi connectivity index (χ4v) is 16.9. The molecular formula is C54H82O9. The number of carbonyl (C=O) groups is 5. The molecule has 0 aromatic heterocycles. The highest BCUT2D eigenvalue weighted by atomic mass is 16.5. The molecule has 0 saturated heterocycles. The van der Waals surface area contributed by atoms with Gasteiger partial charge in [0.1, 0.15) is 12.2 Å². The van der Waals surface area contributed by atoms with E-state index in [9.17, 15) is 24.0 Å². The number of rotatable bonds is 10. The van der Waals surface area contributed by atoms with Crippen molar-refractivity contribution in [2.45, 2.75) is 190 Å². The minimum Gasteiger partial charge on any atom is -0.469 e. The van der Waals surface area contributed by atoms with Gasteiger partial charge in [0.2, 0.25) is 0 Å². The van der Waals surface area contributed by atoms with E-state index >= 15 is 0 Å². The number of ketones is 1. The summed E-state index contributed by atoms with van der Waals surface area (Å²) in [7, 11) is 2.95. The summed E-state index contributed by atoms with van der Waals surface area (Å²) in [5.74, 6) is 5.36. The maximum absolute atomic E-state index is 13.5. The molecule has 8 aliphatic carbocycles. The number of esters is 4. The van der Waals surface area contributed by atoms with Gasteiger partial charge in [0.05, 0.1) is 14.2 Å². The Morgan fingerprint density at radius 1 is 0.619 bits per heavy atom. The molecule has 0 N–H and O–H groups in total. The van der Waals surface area contributed by atoms with Crippen molar-refractivity contribution in [2.24, 2.45) is 80.8 Å². The molecule has 9 nitrogen and oxygen atoms in total. The zero-order valence-electron chi connectivity index (χ0n) is 40.7. The van der Waals surface area contributed by atoms with E-state index < -0.39 is 0 Å². The number of allylic oxidation sites excluding steroid dienone is 2. The lowest BCUT2D eigenvalue weighted by Crippen LogP contribution is -2.53. The Balaban J connectivity index is 0.000000189. The highest BCUT2D eigenvalue weighted by Gasteiger charge is 2.62. The Morgan fingerprint density at radius 2 is 1.10 bits per heavy atom. The standard InChI is InChI=1S/C27H40O5.C27H42O4/c1-16(6-9-24(30)31-5)20-7-8-21-25-22(11-13-27(20,21)4)26(3)12-10-19(32-17(2)28)14-18(26)15-23(25)29;1-17(6-11-25(29)30-5)22-9-10-23-21-8-7-19-16-20(31-18(2)28)12-14-26(19,3)24(21)13-15-27(22,23)4/h15-16,19-22,25H,6-14H2,1-5H3;7,17,20-24H,6,8-16H2,1-5H3/t16-,19+,20?,21?,22?,25?,26+,27-;17-,20+,21?,22?,23?,24?,26+,27-/m11/s1. The second-order valence-corrected chi connectivity index (χ2v) is 23.1. The molecule has 0 spiro atoms. The SMILES string of the molecule is COC(=O)CC[C@@H](C)C1CCC2C3C(=O)C=C4C[C@@H](OC(C)=O)CC[C@]4(C)C3CC[C@@]21C.COC(=O)CC[C@@H](C)C1CCC2C3CC=C4C[C@@H](OC(C)=O)CC[C@]4(C)C3CC[C@@]21C. The van der Waals surface area contributed by atoms with Gasteiger partial charge >= 0.3 is 23.9 Å². The van der Waals surface area contributed by atoms with Gasteiger partial charge in [-0.25, -0.2) is 0 Å². The monoisotopic (exact) mass is 875 g/mol. The minimum absolute atomic E-state index is 0.0468.